The van der Waals surface area contributed by atoms with Crippen molar-refractivity contribution in [2.75, 3.05) is 0 Å². The molecule has 116 valence electrons. The predicted molar refractivity (Wildman–Crippen MR) is 84.4 cm³/mol. The number of amides is 2. The van der Waals surface area contributed by atoms with Gasteiger partial charge in [0.2, 0.25) is 11.8 Å². The Bertz CT molecular complexity index is 732. The fourth-order valence-corrected chi connectivity index (χ4v) is 3.89. The summed E-state index contributed by atoms with van der Waals surface area (Å²) < 4.78 is 1.71. The maximum atomic E-state index is 12.5. The molecule has 1 atom stereocenters. The topological polar surface area (TPSA) is 55.2 Å². The fraction of sp³-hybridized carbons (Fsp3) is 0.438. The van der Waals surface area contributed by atoms with E-state index in [0.717, 1.165) is 11.1 Å². The Kier molecular flexibility index (Phi) is 3.87. The van der Waals surface area contributed by atoms with Crippen molar-refractivity contribution in [1.29, 1.82) is 0 Å². The fourth-order valence-electron chi connectivity index (χ4n) is 2.95. The van der Waals surface area contributed by atoms with E-state index in [1.165, 1.54) is 14.7 Å². The van der Waals surface area contributed by atoms with E-state index in [-0.39, 0.29) is 17.7 Å². The van der Waals surface area contributed by atoms with Gasteiger partial charge in [0.15, 0.2) is 0 Å². The van der Waals surface area contributed by atoms with E-state index in [1.54, 1.807) is 22.2 Å². The molecule has 1 aliphatic rings. The van der Waals surface area contributed by atoms with Gasteiger partial charge < -0.3 is 0 Å². The molecule has 6 heteroatoms. The summed E-state index contributed by atoms with van der Waals surface area (Å²) in [5, 5.41) is 4.11. The number of nitrogens with zero attached hydrogens (tertiary/aromatic N) is 3. The molecule has 1 aliphatic heterocycles. The number of rotatable bonds is 4. The number of aromatic nitrogens is 2. The molecule has 2 aromatic heterocycles. The van der Waals surface area contributed by atoms with Crippen molar-refractivity contribution in [3.05, 3.63) is 39.3 Å². The molecular formula is C16H19N3O2S. The molecule has 0 radical (unpaired) electrons. The Labute approximate surface area is 133 Å². The Balaban J connectivity index is 1.72. The summed E-state index contributed by atoms with van der Waals surface area (Å²) in [5.74, 6) is -0.379. The van der Waals surface area contributed by atoms with Gasteiger partial charge in [-0.15, -0.1) is 11.3 Å². The average molecular weight is 317 g/mol. The standard InChI is InChI=1S/C16H19N3O2S/c1-10-4-14(11(2)22-10)9-19-15(20)6-13(16(19)21)5-12-7-17-18(3)8-12/h4,7-8,13H,5-6,9H2,1-3H3. The van der Waals surface area contributed by atoms with Crippen LogP contribution in [0.1, 0.15) is 27.3 Å². The smallest absolute Gasteiger partial charge is 0.233 e. The van der Waals surface area contributed by atoms with Gasteiger partial charge in [-0.2, -0.15) is 5.10 Å². The third-order valence-corrected chi connectivity index (χ3v) is 5.06. The van der Waals surface area contributed by atoms with Gasteiger partial charge in [0.25, 0.3) is 0 Å². The maximum Gasteiger partial charge on any atom is 0.233 e. The Morgan fingerprint density at radius 1 is 1.36 bits per heavy atom. The third kappa shape index (κ3) is 2.83. The van der Waals surface area contributed by atoms with Crippen LogP contribution < -0.4 is 0 Å². The minimum Gasteiger partial charge on any atom is -0.278 e. The molecular weight excluding hydrogens is 298 g/mol. The molecule has 3 rings (SSSR count). The minimum atomic E-state index is -0.253. The second-order valence-electron chi connectivity index (χ2n) is 5.88. The van der Waals surface area contributed by atoms with Crippen molar-refractivity contribution in [1.82, 2.24) is 14.7 Å². The number of likely N-dealkylation sites (tertiary alicyclic amines) is 1. The van der Waals surface area contributed by atoms with E-state index in [9.17, 15) is 9.59 Å². The van der Waals surface area contributed by atoms with Crippen LogP contribution in [0.15, 0.2) is 18.5 Å². The average Bonchev–Trinajstić information content (AvgIpc) is 3.06. The Hall–Kier alpha value is -1.95. The lowest BCUT2D eigenvalue weighted by Gasteiger charge is -2.14. The number of imide groups is 1. The number of thiophene rings is 1. The van der Waals surface area contributed by atoms with Gasteiger partial charge in [0.1, 0.15) is 0 Å². The van der Waals surface area contributed by atoms with E-state index in [0.29, 0.717) is 19.4 Å². The molecule has 3 heterocycles. The van der Waals surface area contributed by atoms with Crippen LogP contribution in [0.25, 0.3) is 0 Å². The molecule has 5 nitrogen and oxygen atoms in total. The van der Waals surface area contributed by atoms with Gasteiger partial charge in [-0.3, -0.25) is 19.2 Å². The van der Waals surface area contributed by atoms with E-state index < -0.39 is 0 Å². The van der Waals surface area contributed by atoms with Crippen molar-refractivity contribution in [2.24, 2.45) is 13.0 Å². The van der Waals surface area contributed by atoms with Crippen molar-refractivity contribution < 1.29 is 9.59 Å². The van der Waals surface area contributed by atoms with Gasteiger partial charge in [-0.25, -0.2) is 0 Å². The van der Waals surface area contributed by atoms with Crippen LogP contribution in [0.2, 0.25) is 0 Å². The lowest BCUT2D eigenvalue weighted by atomic mass is 10.0. The van der Waals surface area contributed by atoms with E-state index in [1.807, 2.05) is 27.1 Å². The van der Waals surface area contributed by atoms with E-state index in [4.69, 9.17) is 0 Å². The van der Waals surface area contributed by atoms with Gasteiger partial charge in [-0.05, 0) is 37.5 Å². The van der Waals surface area contributed by atoms with Crippen molar-refractivity contribution in [2.45, 2.75) is 33.2 Å². The second-order valence-corrected chi connectivity index (χ2v) is 7.34. The van der Waals surface area contributed by atoms with Crippen LogP contribution in [0.4, 0.5) is 0 Å². The molecule has 0 N–H and O–H groups in total. The molecule has 1 fully saturated rings. The quantitative estimate of drug-likeness (QED) is 0.813. The molecule has 1 unspecified atom stereocenters. The highest BCUT2D eigenvalue weighted by Gasteiger charge is 2.38. The molecule has 2 aromatic rings. The molecule has 1 saturated heterocycles. The largest absolute Gasteiger partial charge is 0.278 e. The minimum absolute atomic E-state index is 0.0582. The summed E-state index contributed by atoms with van der Waals surface area (Å²) in [5.41, 5.74) is 2.07. The predicted octanol–water partition coefficient (Wildman–Crippen LogP) is 2.22. The first kappa shape index (κ1) is 15.0. The summed E-state index contributed by atoms with van der Waals surface area (Å²) in [6.45, 7) is 4.47. The van der Waals surface area contributed by atoms with Crippen LogP contribution in [0.3, 0.4) is 0 Å². The SMILES string of the molecule is Cc1cc(CN2C(=O)CC(Cc3cnn(C)c3)C2=O)c(C)s1. The zero-order valence-electron chi connectivity index (χ0n) is 13.0. The summed E-state index contributed by atoms with van der Waals surface area (Å²) in [6.07, 6.45) is 4.53. The van der Waals surface area contributed by atoms with Crippen LogP contribution in [-0.4, -0.2) is 26.5 Å². The van der Waals surface area contributed by atoms with Crippen molar-refractivity contribution >= 4 is 23.2 Å². The molecule has 0 aliphatic carbocycles. The first-order valence-corrected chi connectivity index (χ1v) is 8.13. The number of aryl methyl sites for hydroxylation is 3. The molecule has 0 bridgehead atoms. The summed E-state index contributed by atoms with van der Waals surface area (Å²) in [7, 11) is 1.85. The zero-order valence-corrected chi connectivity index (χ0v) is 13.8. The third-order valence-electron chi connectivity index (χ3n) is 4.05. The maximum absolute atomic E-state index is 12.5. The van der Waals surface area contributed by atoms with Gasteiger partial charge in [0.05, 0.1) is 18.7 Å². The van der Waals surface area contributed by atoms with Gasteiger partial charge in [0, 0.05) is 29.4 Å². The number of hydrogen-bond acceptors (Lipinski definition) is 4. The monoisotopic (exact) mass is 317 g/mol. The number of carbonyl (C=O) groups is 2. The van der Waals surface area contributed by atoms with Gasteiger partial charge >= 0.3 is 0 Å². The Morgan fingerprint density at radius 2 is 2.14 bits per heavy atom. The highest BCUT2D eigenvalue weighted by molar-refractivity contribution is 7.12. The first-order chi connectivity index (χ1) is 10.4. The molecule has 0 aromatic carbocycles. The molecule has 0 spiro atoms. The Morgan fingerprint density at radius 3 is 2.73 bits per heavy atom. The second kappa shape index (κ2) is 5.68. The lowest BCUT2D eigenvalue weighted by molar-refractivity contribution is -0.140. The molecule has 0 saturated carbocycles. The van der Waals surface area contributed by atoms with Crippen LogP contribution in [0.5, 0.6) is 0 Å². The molecule has 2 amide bonds. The molecule has 22 heavy (non-hydrogen) atoms. The van der Waals surface area contributed by atoms with Crippen molar-refractivity contribution in [3.8, 4) is 0 Å². The summed E-state index contributed by atoms with van der Waals surface area (Å²) in [4.78, 5) is 28.5. The van der Waals surface area contributed by atoms with Crippen LogP contribution in [0, 0.1) is 19.8 Å². The first-order valence-electron chi connectivity index (χ1n) is 7.31. The van der Waals surface area contributed by atoms with Crippen LogP contribution in [-0.2, 0) is 29.6 Å². The summed E-state index contributed by atoms with van der Waals surface area (Å²) in [6, 6.07) is 2.06. The number of hydrogen-bond donors (Lipinski definition) is 0. The normalized spacial score (nSPS) is 18.5. The highest BCUT2D eigenvalue weighted by atomic mass is 32.1. The summed E-state index contributed by atoms with van der Waals surface area (Å²) >= 11 is 1.70. The van der Waals surface area contributed by atoms with E-state index in [2.05, 4.69) is 11.2 Å². The van der Waals surface area contributed by atoms with E-state index >= 15 is 0 Å². The lowest BCUT2D eigenvalue weighted by Crippen LogP contribution is -2.30. The number of carbonyl (C=O) groups excluding carboxylic acids is 2. The highest BCUT2D eigenvalue weighted by Crippen LogP contribution is 2.28. The van der Waals surface area contributed by atoms with Gasteiger partial charge in [-0.1, -0.05) is 0 Å². The zero-order chi connectivity index (χ0) is 15.9. The van der Waals surface area contributed by atoms with Crippen LogP contribution >= 0.6 is 11.3 Å². The van der Waals surface area contributed by atoms with Crippen molar-refractivity contribution in [3.63, 3.8) is 0 Å².